The van der Waals surface area contributed by atoms with Crippen LogP contribution >= 0.6 is 0 Å². The number of carboxylic acids is 1. The van der Waals surface area contributed by atoms with Gasteiger partial charge in [-0.1, -0.05) is 20.3 Å². The van der Waals surface area contributed by atoms with Crippen molar-refractivity contribution in [3.63, 3.8) is 0 Å². The molecule has 0 rings (SSSR count). The minimum absolute atomic E-state index is 0.0452. The van der Waals surface area contributed by atoms with Gasteiger partial charge in [-0.15, -0.1) is 0 Å². The number of guanidine groups is 1. The van der Waals surface area contributed by atoms with E-state index < -0.39 is 48.4 Å². The average molecular weight is 415 g/mol. The van der Waals surface area contributed by atoms with Gasteiger partial charge in [0.1, 0.15) is 12.1 Å². The molecule has 12 nitrogen and oxygen atoms in total. The Balaban J connectivity index is 4.38. The predicted molar refractivity (Wildman–Crippen MR) is 108 cm³/mol. The van der Waals surface area contributed by atoms with E-state index in [4.69, 9.17) is 22.3 Å². The number of hydrogen-bond acceptors (Lipinski definition) is 6. The highest BCUT2D eigenvalue weighted by Crippen LogP contribution is 2.07. The minimum atomic E-state index is -1.14. The summed E-state index contributed by atoms with van der Waals surface area (Å²) in [7, 11) is 0. The lowest BCUT2D eigenvalue weighted by Gasteiger charge is -2.21. The molecule has 29 heavy (non-hydrogen) atoms. The van der Waals surface area contributed by atoms with Crippen LogP contribution < -0.4 is 33.2 Å². The Morgan fingerprint density at radius 3 is 2.21 bits per heavy atom. The molecule has 0 bridgehead atoms. The molecule has 0 aliphatic carbocycles. The second-order valence-electron chi connectivity index (χ2n) is 6.77. The largest absolute Gasteiger partial charge is 0.480 e. The number of aliphatic carboxylic acids is 1. The van der Waals surface area contributed by atoms with E-state index in [-0.39, 0.29) is 11.9 Å². The van der Waals surface area contributed by atoms with Gasteiger partial charge in [-0.25, -0.2) is 4.79 Å². The molecule has 10 N–H and O–H groups in total. The molecular weight excluding hydrogens is 382 g/mol. The van der Waals surface area contributed by atoms with Crippen LogP contribution in [0.1, 0.15) is 40.0 Å². The molecule has 0 fully saturated rings. The zero-order valence-corrected chi connectivity index (χ0v) is 17.1. The fourth-order valence-corrected chi connectivity index (χ4v) is 2.26. The van der Waals surface area contributed by atoms with Crippen molar-refractivity contribution in [3.05, 3.63) is 0 Å². The zero-order chi connectivity index (χ0) is 22.6. The van der Waals surface area contributed by atoms with E-state index in [9.17, 15) is 19.2 Å². The molecule has 4 atom stereocenters. The van der Waals surface area contributed by atoms with Crippen molar-refractivity contribution in [2.24, 2.45) is 28.1 Å². The van der Waals surface area contributed by atoms with Gasteiger partial charge in [0.15, 0.2) is 5.96 Å². The zero-order valence-electron chi connectivity index (χ0n) is 17.1. The Labute approximate surface area is 170 Å². The van der Waals surface area contributed by atoms with Gasteiger partial charge in [-0.3, -0.25) is 19.4 Å². The number of rotatable bonds is 13. The molecule has 0 aromatic heterocycles. The van der Waals surface area contributed by atoms with E-state index in [0.717, 1.165) is 0 Å². The molecule has 0 saturated heterocycles. The summed E-state index contributed by atoms with van der Waals surface area (Å²) in [5.74, 6) is -3.22. The standard InChI is InChI=1S/C17H33N7O5/c1-4-9(2)13(16(28)29)24-12(25)8-22-14(26)10(3)23-15(27)11(18)6-5-7-21-17(19)20/h9-11,13H,4-8,18H2,1-3H3,(H,22,26)(H,23,27)(H,24,25)(H,28,29)(H4,19,20,21). The van der Waals surface area contributed by atoms with Crippen molar-refractivity contribution in [2.75, 3.05) is 13.1 Å². The van der Waals surface area contributed by atoms with Gasteiger partial charge in [0.05, 0.1) is 12.6 Å². The summed E-state index contributed by atoms with van der Waals surface area (Å²) in [6, 6.07) is -2.81. The summed E-state index contributed by atoms with van der Waals surface area (Å²) < 4.78 is 0. The number of hydrogen-bond donors (Lipinski definition) is 7. The summed E-state index contributed by atoms with van der Waals surface area (Å²) >= 11 is 0. The first-order chi connectivity index (χ1) is 13.5. The first-order valence-corrected chi connectivity index (χ1v) is 9.40. The maximum atomic E-state index is 12.0. The number of nitrogens with one attached hydrogen (secondary N) is 3. The van der Waals surface area contributed by atoms with E-state index in [2.05, 4.69) is 20.9 Å². The molecule has 166 valence electrons. The highest BCUT2D eigenvalue weighted by atomic mass is 16.4. The fraction of sp³-hybridized carbons (Fsp3) is 0.706. The molecule has 0 aromatic rings. The predicted octanol–water partition coefficient (Wildman–Crippen LogP) is -2.40. The monoisotopic (exact) mass is 415 g/mol. The van der Waals surface area contributed by atoms with Crippen molar-refractivity contribution in [2.45, 2.75) is 58.2 Å². The van der Waals surface area contributed by atoms with Crippen molar-refractivity contribution in [1.29, 1.82) is 0 Å². The molecule has 12 heteroatoms. The third kappa shape index (κ3) is 10.9. The Bertz CT molecular complexity index is 607. The Morgan fingerprint density at radius 2 is 1.69 bits per heavy atom. The number of carbonyl (C=O) groups is 4. The van der Waals surface area contributed by atoms with Crippen LogP contribution in [0.15, 0.2) is 4.99 Å². The summed E-state index contributed by atoms with van der Waals surface area (Å²) in [6.45, 7) is 4.88. The van der Waals surface area contributed by atoms with E-state index >= 15 is 0 Å². The first-order valence-electron chi connectivity index (χ1n) is 9.40. The van der Waals surface area contributed by atoms with Gasteiger partial charge < -0.3 is 38.3 Å². The van der Waals surface area contributed by atoms with E-state index in [1.807, 2.05) is 6.92 Å². The van der Waals surface area contributed by atoms with Crippen LogP contribution in [-0.2, 0) is 19.2 Å². The molecule has 0 heterocycles. The van der Waals surface area contributed by atoms with E-state index in [0.29, 0.717) is 25.8 Å². The lowest BCUT2D eigenvalue weighted by atomic mass is 9.99. The molecular formula is C17H33N7O5. The summed E-state index contributed by atoms with van der Waals surface area (Å²) in [5.41, 5.74) is 16.1. The normalized spacial score (nSPS) is 14.6. The second-order valence-corrected chi connectivity index (χ2v) is 6.77. The van der Waals surface area contributed by atoms with Crippen LogP contribution in [0, 0.1) is 5.92 Å². The highest BCUT2D eigenvalue weighted by Gasteiger charge is 2.26. The van der Waals surface area contributed by atoms with Crippen LogP contribution in [-0.4, -0.2) is 66.0 Å². The minimum Gasteiger partial charge on any atom is -0.480 e. The third-order valence-electron chi connectivity index (χ3n) is 4.28. The van der Waals surface area contributed by atoms with Crippen LogP contribution in [0.3, 0.4) is 0 Å². The molecule has 0 spiro atoms. The second kappa shape index (κ2) is 13.3. The van der Waals surface area contributed by atoms with Gasteiger partial charge in [-0.05, 0) is 25.7 Å². The molecule has 0 aliphatic rings. The maximum absolute atomic E-state index is 12.0. The summed E-state index contributed by atoms with van der Waals surface area (Å²) in [6.07, 6.45) is 1.39. The van der Waals surface area contributed by atoms with Crippen molar-refractivity contribution in [1.82, 2.24) is 16.0 Å². The quantitative estimate of drug-likeness (QED) is 0.0975. The van der Waals surface area contributed by atoms with Crippen LogP contribution in [0.2, 0.25) is 0 Å². The topological polar surface area (TPSA) is 215 Å². The number of amides is 3. The molecule has 0 radical (unpaired) electrons. The van der Waals surface area contributed by atoms with E-state index in [1.165, 1.54) is 6.92 Å². The number of carboxylic acid groups (broad SMARTS) is 1. The Kier molecular flexibility index (Phi) is 12.0. The Hall–Kier alpha value is -2.89. The number of aliphatic imine (C=N–C) groups is 1. The van der Waals surface area contributed by atoms with Crippen LogP contribution in [0.4, 0.5) is 0 Å². The van der Waals surface area contributed by atoms with Gasteiger partial charge >= 0.3 is 5.97 Å². The average Bonchev–Trinajstić information content (AvgIpc) is 2.65. The smallest absolute Gasteiger partial charge is 0.326 e. The molecule has 0 saturated carbocycles. The maximum Gasteiger partial charge on any atom is 0.326 e. The fourth-order valence-electron chi connectivity index (χ4n) is 2.26. The SMILES string of the molecule is CCC(C)C(NC(=O)CNC(=O)C(C)NC(=O)C(N)CCCN=C(N)N)C(=O)O. The molecule has 0 aromatic carbocycles. The third-order valence-corrected chi connectivity index (χ3v) is 4.28. The van der Waals surface area contributed by atoms with Gasteiger partial charge in [0.25, 0.3) is 0 Å². The van der Waals surface area contributed by atoms with Gasteiger partial charge in [-0.2, -0.15) is 0 Å². The Morgan fingerprint density at radius 1 is 1.07 bits per heavy atom. The van der Waals surface area contributed by atoms with Crippen molar-refractivity contribution < 1.29 is 24.3 Å². The van der Waals surface area contributed by atoms with Crippen molar-refractivity contribution >= 4 is 29.7 Å². The number of carbonyl (C=O) groups excluding carboxylic acids is 3. The van der Waals surface area contributed by atoms with Crippen molar-refractivity contribution in [3.8, 4) is 0 Å². The van der Waals surface area contributed by atoms with Crippen LogP contribution in [0.5, 0.6) is 0 Å². The number of nitrogens with two attached hydrogens (primary N) is 3. The summed E-state index contributed by atoms with van der Waals surface area (Å²) in [5, 5.41) is 16.3. The lowest BCUT2D eigenvalue weighted by Crippen LogP contribution is -2.53. The van der Waals surface area contributed by atoms with Crippen LogP contribution in [0.25, 0.3) is 0 Å². The highest BCUT2D eigenvalue weighted by molar-refractivity contribution is 5.92. The summed E-state index contributed by atoms with van der Waals surface area (Å²) in [4.78, 5) is 50.9. The molecule has 0 aliphatic heterocycles. The van der Waals surface area contributed by atoms with Gasteiger partial charge in [0.2, 0.25) is 17.7 Å². The van der Waals surface area contributed by atoms with Gasteiger partial charge in [0, 0.05) is 6.54 Å². The molecule has 4 unspecified atom stereocenters. The number of nitrogens with zero attached hydrogens (tertiary/aromatic N) is 1. The van der Waals surface area contributed by atoms with E-state index in [1.54, 1.807) is 6.92 Å². The lowest BCUT2D eigenvalue weighted by molar-refractivity contribution is -0.143. The first kappa shape index (κ1) is 26.1. The molecule has 3 amide bonds.